The highest BCUT2D eigenvalue weighted by atomic mass is 79.9. The molecule has 1 N–H and O–H groups in total. The maximum absolute atomic E-state index is 13.6. The summed E-state index contributed by atoms with van der Waals surface area (Å²) in [6.07, 6.45) is 1.77. The molecule has 2 rings (SSSR count). The van der Waals surface area contributed by atoms with Crippen molar-refractivity contribution in [3.05, 3.63) is 46.0 Å². The number of hydrogen-bond acceptors (Lipinski definition) is 4. The normalized spacial score (nSPS) is 10.8. The molecule has 0 spiro atoms. The van der Waals surface area contributed by atoms with E-state index < -0.39 is 11.6 Å². The van der Waals surface area contributed by atoms with E-state index in [0.29, 0.717) is 18.8 Å². The van der Waals surface area contributed by atoms with Crippen molar-refractivity contribution in [1.29, 1.82) is 0 Å². The van der Waals surface area contributed by atoms with E-state index in [4.69, 9.17) is 0 Å². The van der Waals surface area contributed by atoms with Crippen molar-refractivity contribution in [2.75, 3.05) is 6.54 Å². The summed E-state index contributed by atoms with van der Waals surface area (Å²) < 4.78 is 31.8. The van der Waals surface area contributed by atoms with Crippen molar-refractivity contribution in [1.82, 2.24) is 15.5 Å². The molecule has 0 aliphatic rings. The number of hydrogen-bond donors (Lipinski definition) is 1. The van der Waals surface area contributed by atoms with Gasteiger partial charge in [0.2, 0.25) is 6.39 Å². The van der Waals surface area contributed by atoms with Gasteiger partial charge in [-0.2, -0.15) is 4.98 Å². The fourth-order valence-electron chi connectivity index (χ4n) is 1.45. The Morgan fingerprint density at radius 1 is 1.33 bits per heavy atom. The minimum atomic E-state index is -0.581. The fourth-order valence-corrected chi connectivity index (χ4v) is 1.82. The number of halogens is 3. The van der Waals surface area contributed by atoms with Crippen LogP contribution in [-0.2, 0) is 13.0 Å². The lowest BCUT2D eigenvalue weighted by molar-refractivity contribution is 0.409. The van der Waals surface area contributed by atoms with Crippen LogP contribution in [0.3, 0.4) is 0 Å². The standard InChI is InChI=1S/C11H10BrF2N3O/c12-8-1-2-9(13)7(11(8)14)5-15-4-3-10-16-6-18-17-10/h1-2,6,15H,3-5H2. The van der Waals surface area contributed by atoms with Crippen LogP contribution < -0.4 is 5.32 Å². The van der Waals surface area contributed by atoms with E-state index in [-0.39, 0.29) is 16.6 Å². The van der Waals surface area contributed by atoms with Crippen LogP contribution >= 0.6 is 15.9 Å². The van der Waals surface area contributed by atoms with Crippen molar-refractivity contribution in [3.8, 4) is 0 Å². The largest absolute Gasteiger partial charge is 0.343 e. The van der Waals surface area contributed by atoms with Gasteiger partial charge >= 0.3 is 0 Å². The zero-order chi connectivity index (χ0) is 13.0. The van der Waals surface area contributed by atoms with Crippen molar-refractivity contribution in [2.24, 2.45) is 0 Å². The first-order valence-corrected chi connectivity index (χ1v) is 6.06. The first kappa shape index (κ1) is 13.1. The molecular weight excluding hydrogens is 308 g/mol. The number of rotatable bonds is 5. The Bertz CT molecular complexity index is 519. The summed E-state index contributed by atoms with van der Waals surface area (Å²) in [5.41, 5.74) is 0.0116. The van der Waals surface area contributed by atoms with E-state index in [1.165, 1.54) is 18.5 Å². The third kappa shape index (κ3) is 3.11. The minimum Gasteiger partial charge on any atom is -0.343 e. The number of aromatic nitrogens is 2. The smallest absolute Gasteiger partial charge is 0.213 e. The molecule has 0 saturated carbocycles. The second-order valence-electron chi connectivity index (χ2n) is 3.60. The summed E-state index contributed by atoms with van der Waals surface area (Å²) in [5, 5.41) is 6.55. The molecule has 1 aromatic heterocycles. The van der Waals surface area contributed by atoms with Crippen molar-refractivity contribution >= 4 is 15.9 Å². The summed E-state index contributed by atoms with van der Waals surface area (Å²) in [7, 11) is 0. The summed E-state index contributed by atoms with van der Waals surface area (Å²) in [6, 6.07) is 2.57. The molecule has 2 aromatic rings. The van der Waals surface area contributed by atoms with Crippen LogP contribution in [0.15, 0.2) is 27.5 Å². The van der Waals surface area contributed by atoms with Gasteiger partial charge in [0.1, 0.15) is 11.6 Å². The average molecular weight is 318 g/mol. The Morgan fingerprint density at radius 2 is 2.17 bits per heavy atom. The van der Waals surface area contributed by atoms with Gasteiger partial charge in [0.05, 0.1) is 4.47 Å². The highest BCUT2D eigenvalue weighted by Gasteiger charge is 2.11. The summed E-state index contributed by atoms with van der Waals surface area (Å²) in [6.45, 7) is 0.611. The molecule has 4 nitrogen and oxygen atoms in total. The molecule has 18 heavy (non-hydrogen) atoms. The molecule has 0 amide bonds. The Hall–Kier alpha value is -1.34. The molecule has 7 heteroatoms. The lowest BCUT2D eigenvalue weighted by Gasteiger charge is -2.07. The second-order valence-corrected chi connectivity index (χ2v) is 4.45. The van der Waals surface area contributed by atoms with E-state index in [1.54, 1.807) is 0 Å². The molecule has 1 heterocycles. The molecule has 0 radical (unpaired) electrons. The Balaban J connectivity index is 1.88. The zero-order valence-electron chi connectivity index (χ0n) is 9.29. The number of nitrogens with one attached hydrogen (secondary N) is 1. The Morgan fingerprint density at radius 3 is 2.89 bits per heavy atom. The van der Waals surface area contributed by atoms with Gasteiger partial charge in [-0.15, -0.1) is 0 Å². The van der Waals surface area contributed by atoms with E-state index in [2.05, 4.69) is 35.9 Å². The van der Waals surface area contributed by atoms with E-state index >= 15 is 0 Å². The van der Waals surface area contributed by atoms with Gasteiger partial charge in [0, 0.05) is 25.1 Å². The Labute approximate surface area is 111 Å². The van der Waals surface area contributed by atoms with Gasteiger partial charge in [-0.25, -0.2) is 8.78 Å². The summed E-state index contributed by atoms with van der Waals surface area (Å²) >= 11 is 3.02. The molecule has 0 saturated heterocycles. The molecule has 1 aromatic carbocycles. The predicted octanol–water partition coefficient (Wildman–Crippen LogP) is 2.44. The Kier molecular flexibility index (Phi) is 4.38. The van der Waals surface area contributed by atoms with Crippen molar-refractivity contribution in [3.63, 3.8) is 0 Å². The molecule has 0 aliphatic carbocycles. The van der Waals surface area contributed by atoms with Gasteiger partial charge in [-0.05, 0) is 28.1 Å². The van der Waals surface area contributed by atoms with Crippen molar-refractivity contribution in [2.45, 2.75) is 13.0 Å². The fraction of sp³-hybridized carbons (Fsp3) is 0.273. The summed E-state index contributed by atoms with van der Waals surface area (Å²) in [4.78, 5) is 3.84. The summed E-state index contributed by atoms with van der Waals surface area (Å²) in [5.74, 6) is -0.595. The SMILES string of the molecule is Fc1ccc(Br)c(F)c1CNCCc1ncon1. The molecule has 0 bridgehead atoms. The second kappa shape index (κ2) is 6.01. The van der Waals surface area contributed by atoms with Gasteiger partial charge in [-0.1, -0.05) is 5.16 Å². The van der Waals surface area contributed by atoms with Gasteiger partial charge in [0.25, 0.3) is 0 Å². The van der Waals surface area contributed by atoms with E-state index in [1.807, 2.05) is 0 Å². The van der Waals surface area contributed by atoms with E-state index in [9.17, 15) is 8.78 Å². The van der Waals surface area contributed by atoms with Crippen LogP contribution in [0.1, 0.15) is 11.4 Å². The topological polar surface area (TPSA) is 51.0 Å². The monoisotopic (exact) mass is 317 g/mol. The highest BCUT2D eigenvalue weighted by Crippen LogP contribution is 2.21. The van der Waals surface area contributed by atoms with Crippen LogP contribution in [-0.4, -0.2) is 16.7 Å². The van der Waals surface area contributed by atoms with Gasteiger partial charge in [-0.3, -0.25) is 0 Å². The van der Waals surface area contributed by atoms with Gasteiger partial charge < -0.3 is 9.84 Å². The first-order chi connectivity index (χ1) is 8.68. The highest BCUT2D eigenvalue weighted by molar-refractivity contribution is 9.10. The molecule has 96 valence electrons. The minimum absolute atomic E-state index is 0.0116. The zero-order valence-corrected chi connectivity index (χ0v) is 10.9. The van der Waals surface area contributed by atoms with E-state index in [0.717, 1.165) is 0 Å². The van der Waals surface area contributed by atoms with Crippen LogP contribution in [0.4, 0.5) is 8.78 Å². The van der Waals surface area contributed by atoms with Crippen molar-refractivity contribution < 1.29 is 13.3 Å². The lowest BCUT2D eigenvalue weighted by Crippen LogP contribution is -2.19. The first-order valence-electron chi connectivity index (χ1n) is 5.27. The van der Waals surface area contributed by atoms with Crippen LogP contribution in [0.5, 0.6) is 0 Å². The average Bonchev–Trinajstić information content (AvgIpc) is 2.86. The lowest BCUT2D eigenvalue weighted by atomic mass is 10.2. The van der Waals surface area contributed by atoms with Gasteiger partial charge in [0.15, 0.2) is 5.82 Å². The maximum atomic E-state index is 13.6. The van der Waals surface area contributed by atoms with Crippen LogP contribution in [0.2, 0.25) is 0 Å². The molecule has 0 fully saturated rings. The molecule has 0 aliphatic heterocycles. The molecule has 0 unspecified atom stereocenters. The number of benzene rings is 1. The maximum Gasteiger partial charge on any atom is 0.213 e. The predicted molar refractivity (Wildman–Crippen MR) is 63.8 cm³/mol. The van der Waals surface area contributed by atoms with Crippen LogP contribution in [0.25, 0.3) is 0 Å². The third-order valence-corrected chi connectivity index (χ3v) is 2.99. The third-order valence-electron chi connectivity index (χ3n) is 2.37. The van der Waals surface area contributed by atoms with Crippen LogP contribution in [0, 0.1) is 11.6 Å². The number of nitrogens with zero attached hydrogens (tertiary/aromatic N) is 2. The molecule has 0 atom stereocenters. The quantitative estimate of drug-likeness (QED) is 0.680. The molecular formula is C11H10BrF2N3O.